The smallest absolute Gasteiger partial charge is 0.266 e. The number of carbonyl (C=O) groups excluding carboxylic acids is 2. The molecule has 0 bridgehead atoms. The van der Waals surface area contributed by atoms with Crippen LogP contribution >= 0.6 is 0 Å². The standard InChI is InChI=1S/C39H22N4O2/c40-23-24-18-19-26(22-35(24)43-38(44)29-13-4-5-14-30(29)39(43)45)41-33-17-9-7-15-31(33)36-34(41)21-20-28-27-12-6-8-16-32(27)42(37(28)36)25-10-2-1-3-11-25/h1-22H. The van der Waals surface area contributed by atoms with Crippen molar-refractivity contribution in [3.05, 3.63) is 150 Å². The normalized spacial score (nSPS) is 12.9. The Kier molecular flexibility index (Phi) is 5.17. The van der Waals surface area contributed by atoms with Gasteiger partial charge in [-0.25, -0.2) is 4.90 Å². The second kappa shape index (κ2) is 9.27. The molecule has 0 saturated heterocycles. The summed E-state index contributed by atoms with van der Waals surface area (Å²) in [6.45, 7) is 0. The number of carbonyl (C=O) groups is 2. The lowest BCUT2D eigenvalue weighted by Crippen LogP contribution is -2.30. The van der Waals surface area contributed by atoms with Crippen LogP contribution in [-0.2, 0) is 0 Å². The Morgan fingerprint density at radius 2 is 1.13 bits per heavy atom. The number of hydrogen-bond donors (Lipinski definition) is 0. The van der Waals surface area contributed by atoms with Gasteiger partial charge in [0.25, 0.3) is 11.8 Å². The van der Waals surface area contributed by atoms with Gasteiger partial charge in [-0.3, -0.25) is 9.59 Å². The molecule has 0 N–H and O–H groups in total. The molecule has 9 rings (SSSR count). The number of amides is 2. The molecule has 1 aliphatic rings. The van der Waals surface area contributed by atoms with E-state index < -0.39 is 11.8 Å². The first-order valence-corrected chi connectivity index (χ1v) is 14.7. The van der Waals surface area contributed by atoms with E-state index in [0.29, 0.717) is 11.1 Å². The molecule has 2 amide bonds. The number of fused-ring (bicyclic) bond motifs is 8. The molecular weight excluding hydrogens is 556 g/mol. The molecule has 0 saturated carbocycles. The number of aromatic nitrogens is 2. The van der Waals surface area contributed by atoms with Gasteiger partial charge in [0.2, 0.25) is 0 Å². The molecule has 45 heavy (non-hydrogen) atoms. The molecule has 0 unspecified atom stereocenters. The van der Waals surface area contributed by atoms with Crippen molar-refractivity contribution in [3.8, 4) is 17.4 Å². The van der Waals surface area contributed by atoms with Gasteiger partial charge in [0.15, 0.2) is 0 Å². The summed E-state index contributed by atoms with van der Waals surface area (Å²) in [5.74, 6) is -0.860. The van der Waals surface area contributed by atoms with E-state index in [2.05, 4.69) is 88.0 Å². The average molecular weight is 579 g/mol. The molecule has 3 heterocycles. The molecule has 0 aliphatic carbocycles. The number of imide groups is 1. The molecular formula is C39H22N4O2. The number of para-hydroxylation sites is 3. The maximum atomic E-state index is 13.5. The van der Waals surface area contributed by atoms with Gasteiger partial charge >= 0.3 is 0 Å². The first-order valence-electron chi connectivity index (χ1n) is 14.7. The van der Waals surface area contributed by atoms with Crippen LogP contribution in [0.1, 0.15) is 26.3 Å². The highest BCUT2D eigenvalue weighted by Crippen LogP contribution is 2.42. The van der Waals surface area contributed by atoms with E-state index in [1.165, 1.54) is 5.39 Å². The van der Waals surface area contributed by atoms with Crippen LogP contribution < -0.4 is 4.90 Å². The third kappa shape index (κ3) is 3.38. The lowest BCUT2D eigenvalue weighted by Gasteiger charge is -2.18. The van der Waals surface area contributed by atoms with E-state index in [9.17, 15) is 14.9 Å². The first kappa shape index (κ1) is 25.1. The minimum absolute atomic E-state index is 0.251. The molecule has 6 aromatic carbocycles. The molecule has 0 spiro atoms. The number of hydrogen-bond acceptors (Lipinski definition) is 3. The molecule has 2 aromatic heterocycles. The zero-order valence-electron chi connectivity index (χ0n) is 23.8. The summed E-state index contributed by atoms with van der Waals surface area (Å²) in [6, 6.07) is 45.7. The molecule has 0 radical (unpaired) electrons. The number of nitrogens with zero attached hydrogens (tertiary/aromatic N) is 4. The van der Waals surface area contributed by atoms with Crippen LogP contribution in [0.2, 0.25) is 0 Å². The van der Waals surface area contributed by atoms with Crippen molar-refractivity contribution in [2.75, 3.05) is 4.90 Å². The Bertz CT molecular complexity index is 2570. The van der Waals surface area contributed by atoms with Crippen molar-refractivity contribution >= 4 is 61.1 Å². The maximum Gasteiger partial charge on any atom is 0.266 e. The van der Waals surface area contributed by atoms with E-state index in [4.69, 9.17) is 0 Å². The SMILES string of the molecule is N#Cc1ccc(-n2c3ccccc3c3c2ccc2c4ccccc4n(-c4ccccc4)c23)cc1N1C(=O)c2ccccc2C1=O. The minimum Gasteiger partial charge on any atom is -0.309 e. The highest BCUT2D eigenvalue weighted by molar-refractivity contribution is 6.35. The van der Waals surface area contributed by atoms with Gasteiger partial charge in [0.1, 0.15) is 6.07 Å². The fraction of sp³-hybridized carbons (Fsp3) is 0. The van der Waals surface area contributed by atoms with Crippen molar-refractivity contribution in [2.24, 2.45) is 0 Å². The van der Waals surface area contributed by atoms with Crippen LogP contribution in [0.5, 0.6) is 0 Å². The zero-order valence-corrected chi connectivity index (χ0v) is 23.8. The predicted octanol–water partition coefficient (Wildman–Crippen LogP) is 8.55. The van der Waals surface area contributed by atoms with Crippen molar-refractivity contribution in [1.29, 1.82) is 5.26 Å². The van der Waals surface area contributed by atoms with E-state index in [-0.39, 0.29) is 11.3 Å². The van der Waals surface area contributed by atoms with Crippen LogP contribution in [0, 0.1) is 11.3 Å². The van der Waals surface area contributed by atoms with Gasteiger partial charge in [-0.05, 0) is 60.7 Å². The van der Waals surface area contributed by atoms with Gasteiger partial charge < -0.3 is 9.13 Å². The Labute approximate surface area is 257 Å². The fourth-order valence-electron chi connectivity index (χ4n) is 6.98. The van der Waals surface area contributed by atoms with E-state index >= 15 is 0 Å². The van der Waals surface area contributed by atoms with E-state index in [1.54, 1.807) is 36.4 Å². The van der Waals surface area contributed by atoms with Gasteiger partial charge in [0, 0.05) is 32.9 Å². The van der Waals surface area contributed by atoms with Crippen LogP contribution in [0.3, 0.4) is 0 Å². The third-order valence-corrected chi connectivity index (χ3v) is 8.88. The van der Waals surface area contributed by atoms with Gasteiger partial charge in [0.05, 0.1) is 44.4 Å². The van der Waals surface area contributed by atoms with E-state index in [0.717, 1.165) is 54.5 Å². The minimum atomic E-state index is -0.430. The molecule has 6 heteroatoms. The van der Waals surface area contributed by atoms with Crippen molar-refractivity contribution < 1.29 is 9.59 Å². The quantitative estimate of drug-likeness (QED) is 0.197. The fourth-order valence-corrected chi connectivity index (χ4v) is 6.98. The summed E-state index contributed by atoms with van der Waals surface area (Å²) in [5.41, 5.74) is 7.18. The van der Waals surface area contributed by atoms with Crippen LogP contribution in [0.25, 0.3) is 55.0 Å². The second-order valence-electron chi connectivity index (χ2n) is 11.2. The second-order valence-corrected chi connectivity index (χ2v) is 11.2. The highest BCUT2D eigenvalue weighted by Gasteiger charge is 2.37. The molecule has 0 atom stereocenters. The molecule has 1 aliphatic heterocycles. The van der Waals surface area contributed by atoms with Gasteiger partial charge in [-0.1, -0.05) is 72.8 Å². The monoisotopic (exact) mass is 578 g/mol. The lowest BCUT2D eigenvalue weighted by atomic mass is 10.1. The molecule has 6 nitrogen and oxygen atoms in total. The predicted molar refractivity (Wildman–Crippen MR) is 177 cm³/mol. The van der Waals surface area contributed by atoms with Crippen LogP contribution in [0.4, 0.5) is 5.69 Å². The summed E-state index contributed by atoms with van der Waals surface area (Å²) < 4.78 is 4.48. The van der Waals surface area contributed by atoms with Gasteiger partial charge in [-0.2, -0.15) is 5.26 Å². The summed E-state index contributed by atoms with van der Waals surface area (Å²) in [5, 5.41) is 14.5. The Hall–Kier alpha value is -6.45. The van der Waals surface area contributed by atoms with Crippen molar-refractivity contribution in [2.45, 2.75) is 0 Å². The van der Waals surface area contributed by atoms with E-state index in [1.807, 2.05) is 24.3 Å². The highest BCUT2D eigenvalue weighted by atomic mass is 16.2. The zero-order chi connectivity index (χ0) is 30.2. The Morgan fingerprint density at radius 1 is 0.511 bits per heavy atom. The summed E-state index contributed by atoms with van der Waals surface area (Å²) in [4.78, 5) is 28.1. The molecule has 8 aromatic rings. The topological polar surface area (TPSA) is 71.0 Å². The number of nitriles is 1. The van der Waals surface area contributed by atoms with Crippen LogP contribution in [0.15, 0.2) is 133 Å². The van der Waals surface area contributed by atoms with Crippen molar-refractivity contribution in [1.82, 2.24) is 9.13 Å². The average Bonchev–Trinajstić information content (AvgIpc) is 3.70. The summed E-state index contributed by atoms with van der Waals surface area (Å²) in [6.07, 6.45) is 0. The number of anilines is 1. The molecule has 210 valence electrons. The summed E-state index contributed by atoms with van der Waals surface area (Å²) in [7, 11) is 0. The number of rotatable bonds is 3. The Morgan fingerprint density at radius 3 is 1.84 bits per heavy atom. The van der Waals surface area contributed by atoms with Crippen LogP contribution in [-0.4, -0.2) is 20.9 Å². The first-order chi connectivity index (χ1) is 22.2. The lowest BCUT2D eigenvalue weighted by molar-refractivity contribution is 0.0926. The number of benzene rings is 6. The maximum absolute atomic E-state index is 13.5. The summed E-state index contributed by atoms with van der Waals surface area (Å²) >= 11 is 0. The molecule has 0 fully saturated rings. The largest absolute Gasteiger partial charge is 0.309 e. The Balaban J connectivity index is 1.37. The van der Waals surface area contributed by atoms with Gasteiger partial charge in [-0.15, -0.1) is 0 Å². The van der Waals surface area contributed by atoms with Crippen molar-refractivity contribution in [3.63, 3.8) is 0 Å². The third-order valence-electron chi connectivity index (χ3n) is 8.88.